The fourth-order valence-electron chi connectivity index (χ4n) is 3.45. The third kappa shape index (κ3) is 4.03. The van der Waals surface area contributed by atoms with Crippen LogP contribution in [-0.4, -0.2) is 46.8 Å². The van der Waals surface area contributed by atoms with Crippen molar-refractivity contribution >= 4 is 28.7 Å². The van der Waals surface area contributed by atoms with E-state index in [-0.39, 0.29) is 17.1 Å². The molecule has 0 aromatic heterocycles. The van der Waals surface area contributed by atoms with Gasteiger partial charge in [-0.15, -0.1) is 0 Å². The average Bonchev–Trinajstić information content (AvgIpc) is 3.17. The lowest BCUT2D eigenvalue weighted by atomic mass is 9.89. The number of rotatable bonds is 4. The number of aliphatic imine (C=N–C) groups is 1. The number of likely N-dealkylation sites (tertiary alicyclic amines) is 1. The number of nitrogens with zero attached hydrogens (tertiary/aromatic N) is 2. The summed E-state index contributed by atoms with van der Waals surface area (Å²) in [4.78, 5) is 30.6. The molecule has 1 atom stereocenters. The Morgan fingerprint density at radius 1 is 1.18 bits per heavy atom. The van der Waals surface area contributed by atoms with E-state index in [0.29, 0.717) is 12.3 Å². The van der Waals surface area contributed by atoms with Crippen molar-refractivity contribution in [2.24, 2.45) is 10.9 Å². The molecule has 0 spiro atoms. The van der Waals surface area contributed by atoms with Crippen molar-refractivity contribution in [1.82, 2.24) is 10.2 Å². The Hall–Kier alpha value is -1.04. The predicted octanol–water partition coefficient (Wildman–Crippen LogP) is 2.17. The molecule has 1 N–H and O–H groups in total. The van der Waals surface area contributed by atoms with Gasteiger partial charge in [-0.05, 0) is 31.6 Å². The van der Waals surface area contributed by atoms with Crippen molar-refractivity contribution in [2.75, 3.05) is 19.6 Å². The second-order valence-electron chi connectivity index (χ2n) is 6.54. The molecule has 1 unspecified atom stereocenters. The largest absolute Gasteiger partial charge is 0.343 e. The number of hydrogen-bond donors (Lipinski definition) is 1. The lowest BCUT2D eigenvalue weighted by molar-refractivity contribution is -0.132. The lowest BCUT2D eigenvalue weighted by Crippen LogP contribution is -2.33. The van der Waals surface area contributed by atoms with Gasteiger partial charge in [0.1, 0.15) is 5.25 Å². The van der Waals surface area contributed by atoms with Crippen LogP contribution in [0.5, 0.6) is 0 Å². The molecule has 0 aromatic rings. The number of carbonyl (C=O) groups is 2. The van der Waals surface area contributed by atoms with Crippen LogP contribution in [0.25, 0.3) is 0 Å². The van der Waals surface area contributed by atoms with Crippen LogP contribution in [0.4, 0.5) is 0 Å². The Kier molecular flexibility index (Phi) is 5.39. The quantitative estimate of drug-likeness (QED) is 0.862. The van der Waals surface area contributed by atoms with Crippen LogP contribution in [0.2, 0.25) is 0 Å². The van der Waals surface area contributed by atoms with Crippen LogP contribution < -0.4 is 5.32 Å². The molecule has 3 rings (SSSR count). The standard InChI is InChI=1S/C16H25N3O2S/c20-14(19-8-4-5-9-19)10-13-15(21)18-16(22-13)17-11-12-6-2-1-3-7-12/h12-13H,1-11H2,(H,17,18,21). The van der Waals surface area contributed by atoms with E-state index in [9.17, 15) is 9.59 Å². The van der Waals surface area contributed by atoms with Gasteiger partial charge in [-0.25, -0.2) is 0 Å². The minimum atomic E-state index is -0.293. The summed E-state index contributed by atoms with van der Waals surface area (Å²) in [5.74, 6) is 0.725. The highest BCUT2D eigenvalue weighted by atomic mass is 32.2. The average molecular weight is 323 g/mol. The zero-order valence-electron chi connectivity index (χ0n) is 13.1. The van der Waals surface area contributed by atoms with Crippen molar-refractivity contribution in [1.29, 1.82) is 0 Å². The SMILES string of the molecule is O=C1NC(=NCC2CCCCC2)SC1CC(=O)N1CCCC1. The molecule has 0 bridgehead atoms. The summed E-state index contributed by atoms with van der Waals surface area (Å²) >= 11 is 1.44. The van der Waals surface area contributed by atoms with Crippen molar-refractivity contribution < 1.29 is 9.59 Å². The Balaban J connectivity index is 1.48. The molecule has 6 heteroatoms. The number of thioether (sulfide) groups is 1. The van der Waals surface area contributed by atoms with Crippen LogP contribution >= 0.6 is 11.8 Å². The molecule has 3 fully saturated rings. The minimum Gasteiger partial charge on any atom is -0.343 e. The summed E-state index contributed by atoms with van der Waals surface area (Å²) in [6.45, 7) is 2.51. The Bertz CT molecular complexity index is 454. The van der Waals surface area contributed by atoms with Crippen LogP contribution in [0.3, 0.4) is 0 Å². The van der Waals surface area contributed by atoms with Crippen molar-refractivity contribution in [3.05, 3.63) is 0 Å². The van der Waals surface area contributed by atoms with Crippen LogP contribution in [0.1, 0.15) is 51.4 Å². The van der Waals surface area contributed by atoms with Crippen molar-refractivity contribution in [3.8, 4) is 0 Å². The smallest absolute Gasteiger partial charge is 0.240 e. The fraction of sp³-hybridized carbons (Fsp3) is 0.812. The van der Waals surface area contributed by atoms with Gasteiger partial charge in [-0.3, -0.25) is 14.6 Å². The molecule has 2 saturated heterocycles. The summed E-state index contributed by atoms with van der Waals surface area (Å²) < 4.78 is 0. The number of carbonyl (C=O) groups excluding carboxylic acids is 2. The molecule has 2 heterocycles. The summed E-state index contributed by atoms with van der Waals surface area (Å²) in [6.07, 6.45) is 8.95. The third-order valence-corrected chi connectivity index (χ3v) is 5.93. The summed E-state index contributed by atoms with van der Waals surface area (Å²) in [7, 11) is 0. The number of hydrogen-bond acceptors (Lipinski definition) is 4. The van der Waals surface area contributed by atoms with E-state index in [0.717, 1.165) is 37.6 Å². The zero-order chi connectivity index (χ0) is 15.4. The maximum absolute atomic E-state index is 12.2. The molecule has 1 aliphatic carbocycles. The van der Waals surface area contributed by atoms with Crippen LogP contribution in [0.15, 0.2) is 4.99 Å². The summed E-state index contributed by atoms with van der Waals surface area (Å²) in [5, 5.41) is 3.27. The van der Waals surface area contributed by atoms with Crippen LogP contribution in [-0.2, 0) is 9.59 Å². The van der Waals surface area contributed by atoms with E-state index in [1.807, 2.05) is 4.90 Å². The second kappa shape index (κ2) is 7.49. The van der Waals surface area contributed by atoms with E-state index >= 15 is 0 Å². The van der Waals surface area contributed by atoms with Gasteiger partial charge in [0.15, 0.2) is 5.17 Å². The van der Waals surface area contributed by atoms with Gasteiger partial charge in [0.05, 0.1) is 0 Å². The molecule has 2 aliphatic heterocycles. The number of amidine groups is 1. The summed E-state index contributed by atoms with van der Waals surface area (Å²) in [5.41, 5.74) is 0. The lowest BCUT2D eigenvalue weighted by Gasteiger charge is -2.19. The van der Waals surface area contributed by atoms with E-state index in [1.165, 1.54) is 43.9 Å². The Morgan fingerprint density at radius 3 is 2.64 bits per heavy atom. The molecule has 2 amide bonds. The zero-order valence-corrected chi connectivity index (χ0v) is 13.9. The van der Waals surface area contributed by atoms with Gasteiger partial charge in [0, 0.05) is 26.1 Å². The highest BCUT2D eigenvalue weighted by Crippen LogP contribution is 2.27. The maximum Gasteiger partial charge on any atom is 0.240 e. The van der Waals surface area contributed by atoms with Crippen molar-refractivity contribution in [3.63, 3.8) is 0 Å². The molecular weight excluding hydrogens is 298 g/mol. The first-order valence-corrected chi connectivity index (χ1v) is 9.40. The molecule has 122 valence electrons. The number of nitrogens with one attached hydrogen (secondary N) is 1. The molecule has 5 nitrogen and oxygen atoms in total. The minimum absolute atomic E-state index is 0.0556. The molecular formula is C16H25N3O2S. The van der Waals surface area contributed by atoms with E-state index < -0.39 is 0 Å². The first kappa shape index (κ1) is 15.8. The van der Waals surface area contributed by atoms with Gasteiger partial charge >= 0.3 is 0 Å². The molecule has 22 heavy (non-hydrogen) atoms. The monoisotopic (exact) mass is 323 g/mol. The van der Waals surface area contributed by atoms with Gasteiger partial charge < -0.3 is 10.2 Å². The summed E-state index contributed by atoms with van der Waals surface area (Å²) in [6, 6.07) is 0. The normalized spacial score (nSPS) is 28.4. The topological polar surface area (TPSA) is 61.8 Å². The maximum atomic E-state index is 12.2. The first-order chi connectivity index (χ1) is 10.7. The predicted molar refractivity (Wildman–Crippen MR) is 88.8 cm³/mol. The Morgan fingerprint density at radius 2 is 1.91 bits per heavy atom. The highest BCUT2D eigenvalue weighted by Gasteiger charge is 2.33. The Labute approximate surface area is 136 Å². The van der Waals surface area contributed by atoms with E-state index in [2.05, 4.69) is 10.3 Å². The molecule has 3 aliphatic rings. The highest BCUT2D eigenvalue weighted by molar-refractivity contribution is 8.15. The van der Waals surface area contributed by atoms with Gasteiger partial charge in [0.25, 0.3) is 0 Å². The van der Waals surface area contributed by atoms with Crippen molar-refractivity contribution in [2.45, 2.75) is 56.6 Å². The fourth-order valence-corrected chi connectivity index (χ4v) is 4.42. The van der Waals surface area contributed by atoms with Gasteiger partial charge in [-0.2, -0.15) is 0 Å². The van der Waals surface area contributed by atoms with Crippen LogP contribution in [0, 0.1) is 5.92 Å². The molecule has 0 aromatic carbocycles. The van der Waals surface area contributed by atoms with E-state index in [4.69, 9.17) is 0 Å². The van der Waals surface area contributed by atoms with Gasteiger partial charge in [0.2, 0.25) is 11.8 Å². The van der Waals surface area contributed by atoms with E-state index in [1.54, 1.807) is 0 Å². The number of amides is 2. The second-order valence-corrected chi connectivity index (χ2v) is 7.73. The molecule has 1 saturated carbocycles. The third-order valence-electron chi connectivity index (χ3n) is 4.81. The molecule has 0 radical (unpaired) electrons. The van der Waals surface area contributed by atoms with Gasteiger partial charge in [-0.1, -0.05) is 31.0 Å². The first-order valence-electron chi connectivity index (χ1n) is 8.52.